The summed E-state index contributed by atoms with van der Waals surface area (Å²) < 4.78 is 45.3. The molecule has 8 nitrogen and oxygen atoms in total. The summed E-state index contributed by atoms with van der Waals surface area (Å²) in [5.74, 6) is 1.93. The standard InChI is InChI=1S/C29H62O8P2/c1-7-16-28(20-14-18-26(5)9-3)24-36-38(30,31)34-22-12-11-13-23-35-39(32,33)37-25-29(17-8-2)21-15-19-27(6)10-4/h26-29H,7-25H2,1-6H3,(H,30,31)(H,32,33). The minimum Gasteiger partial charge on any atom is -0.302 e. The zero-order valence-electron chi connectivity index (χ0n) is 26.0. The molecule has 0 amide bonds. The van der Waals surface area contributed by atoms with Crippen LogP contribution < -0.4 is 0 Å². The van der Waals surface area contributed by atoms with E-state index in [1.807, 2.05) is 0 Å². The molecular weight excluding hydrogens is 538 g/mol. The molecule has 10 heteroatoms. The number of unbranched alkanes of at least 4 members (excludes halogenated alkanes) is 2. The van der Waals surface area contributed by atoms with Crippen molar-refractivity contribution >= 4 is 15.6 Å². The van der Waals surface area contributed by atoms with Gasteiger partial charge in [-0.15, -0.1) is 0 Å². The van der Waals surface area contributed by atoms with E-state index in [1.54, 1.807) is 0 Å². The highest BCUT2D eigenvalue weighted by atomic mass is 31.2. The highest BCUT2D eigenvalue weighted by molar-refractivity contribution is 7.47. The molecule has 0 aromatic heterocycles. The average molecular weight is 601 g/mol. The van der Waals surface area contributed by atoms with Gasteiger partial charge >= 0.3 is 15.6 Å². The Labute approximate surface area is 240 Å². The molecular formula is C29H62O8P2. The van der Waals surface area contributed by atoms with Crippen molar-refractivity contribution in [1.29, 1.82) is 0 Å². The van der Waals surface area contributed by atoms with Gasteiger partial charge in [0.2, 0.25) is 0 Å². The first-order valence-corrected chi connectivity index (χ1v) is 18.7. The van der Waals surface area contributed by atoms with Crippen LogP contribution in [0.15, 0.2) is 0 Å². The quantitative estimate of drug-likeness (QED) is 0.0674. The molecule has 0 saturated heterocycles. The first-order valence-electron chi connectivity index (χ1n) is 15.7. The van der Waals surface area contributed by atoms with Crippen LogP contribution in [0.4, 0.5) is 0 Å². The molecule has 0 spiro atoms. The van der Waals surface area contributed by atoms with Crippen LogP contribution in [-0.4, -0.2) is 36.2 Å². The summed E-state index contributed by atoms with van der Waals surface area (Å²) in [6.07, 6.45) is 14.5. The van der Waals surface area contributed by atoms with Crippen molar-refractivity contribution in [2.75, 3.05) is 26.4 Å². The normalized spacial score (nSPS) is 18.3. The molecule has 39 heavy (non-hydrogen) atoms. The summed E-state index contributed by atoms with van der Waals surface area (Å²) >= 11 is 0. The van der Waals surface area contributed by atoms with E-state index in [-0.39, 0.29) is 38.3 Å². The fourth-order valence-corrected chi connectivity index (χ4v) is 6.24. The Balaban J connectivity index is 4.12. The van der Waals surface area contributed by atoms with Crippen molar-refractivity contribution < 1.29 is 37.0 Å². The van der Waals surface area contributed by atoms with Crippen LogP contribution in [-0.2, 0) is 27.2 Å². The van der Waals surface area contributed by atoms with Gasteiger partial charge in [-0.1, -0.05) is 92.9 Å². The zero-order chi connectivity index (χ0) is 29.6. The molecule has 0 aliphatic carbocycles. The van der Waals surface area contributed by atoms with Crippen molar-refractivity contribution in [2.24, 2.45) is 23.7 Å². The van der Waals surface area contributed by atoms with Gasteiger partial charge in [-0.05, 0) is 68.6 Å². The van der Waals surface area contributed by atoms with Crippen molar-refractivity contribution in [3.8, 4) is 0 Å². The summed E-state index contributed by atoms with van der Waals surface area (Å²) in [5, 5.41) is 0. The van der Waals surface area contributed by atoms with Crippen LogP contribution in [0.3, 0.4) is 0 Å². The number of hydrogen-bond acceptors (Lipinski definition) is 6. The lowest BCUT2D eigenvalue weighted by Crippen LogP contribution is -2.11. The van der Waals surface area contributed by atoms with E-state index in [1.165, 1.54) is 25.7 Å². The number of phosphoric acid groups is 2. The Morgan fingerprint density at radius 2 is 0.923 bits per heavy atom. The van der Waals surface area contributed by atoms with Crippen molar-refractivity contribution in [3.05, 3.63) is 0 Å². The summed E-state index contributed by atoms with van der Waals surface area (Å²) in [6.45, 7) is 13.8. The second-order valence-electron chi connectivity index (χ2n) is 11.5. The monoisotopic (exact) mass is 600 g/mol. The second kappa shape index (κ2) is 23.7. The first kappa shape index (κ1) is 39.2. The predicted molar refractivity (Wildman–Crippen MR) is 161 cm³/mol. The number of rotatable bonds is 28. The molecule has 0 aromatic carbocycles. The SMILES string of the molecule is CCCC(CCCC(C)CC)COP(=O)(O)OCCCCCOP(=O)(O)OCC(CCC)CCCC(C)CC. The largest absolute Gasteiger partial charge is 0.472 e. The Kier molecular flexibility index (Phi) is 23.9. The molecule has 0 aliphatic rings. The maximum Gasteiger partial charge on any atom is 0.472 e. The lowest BCUT2D eigenvalue weighted by molar-refractivity contribution is 0.119. The Morgan fingerprint density at radius 3 is 1.26 bits per heavy atom. The molecule has 0 rings (SSSR count). The minimum atomic E-state index is -4.09. The molecule has 0 saturated carbocycles. The van der Waals surface area contributed by atoms with Crippen LogP contribution in [0.2, 0.25) is 0 Å². The maximum atomic E-state index is 12.3. The van der Waals surface area contributed by atoms with E-state index < -0.39 is 15.6 Å². The van der Waals surface area contributed by atoms with Crippen LogP contribution >= 0.6 is 15.6 Å². The van der Waals surface area contributed by atoms with Crippen molar-refractivity contribution in [2.45, 2.75) is 138 Å². The highest BCUT2D eigenvalue weighted by Crippen LogP contribution is 2.45. The molecule has 0 aliphatic heterocycles. The molecule has 6 atom stereocenters. The third-order valence-corrected chi connectivity index (χ3v) is 9.62. The smallest absolute Gasteiger partial charge is 0.302 e. The molecule has 0 fully saturated rings. The summed E-state index contributed by atoms with van der Waals surface area (Å²) in [5.41, 5.74) is 0. The van der Waals surface area contributed by atoms with E-state index in [0.717, 1.165) is 51.4 Å². The van der Waals surface area contributed by atoms with E-state index in [2.05, 4.69) is 41.5 Å². The molecule has 0 heterocycles. The molecule has 236 valence electrons. The topological polar surface area (TPSA) is 112 Å². The summed E-state index contributed by atoms with van der Waals surface area (Å²) in [7, 11) is -8.17. The molecule has 0 aromatic rings. The van der Waals surface area contributed by atoms with Gasteiger partial charge in [0.15, 0.2) is 0 Å². The highest BCUT2D eigenvalue weighted by Gasteiger charge is 2.24. The van der Waals surface area contributed by atoms with Gasteiger partial charge in [0.1, 0.15) is 0 Å². The predicted octanol–water partition coefficient (Wildman–Crippen LogP) is 9.69. The summed E-state index contributed by atoms with van der Waals surface area (Å²) in [4.78, 5) is 20.1. The van der Waals surface area contributed by atoms with Crippen molar-refractivity contribution in [1.82, 2.24) is 0 Å². The van der Waals surface area contributed by atoms with E-state index in [9.17, 15) is 18.9 Å². The van der Waals surface area contributed by atoms with Gasteiger partial charge < -0.3 is 9.79 Å². The molecule has 0 bridgehead atoms. The van der Waals surface area contributed by atoms with E-state index >= 15 is 0 Å². The number of phosphoric ester groups is 2. The molecule has 6 unspecified atom stereocenters. The number of hydrogen-bond donors (Lipinski definition) is 2. The zero-order valence-corrected chi connectivity index (χ0v) is 27.8. The maximum absolute atomic E-state index is 12.3. The lowest BCUT2D eigenvalue weighted by atomic mass is 9.94. The van der Waals surface area contributed by atoms with Gasteiger partial charge in [-0.3, -0.25) is 18.1 Å². The minimum absolute atomic E-state index is 0.0862. The molecule has 2 N–H and O–H groups in total. The van der Waals surface area contributed by atoms with Crippen LogP contribution in [0, 0.1) is 23.7 Å². The summed E-state index contributed by atoms with van der Waals surface area (Å²) in [6, 6.07) is 0. The third-order valence-electron chi connectivity index (χ3n) is 7.65. The van der Waals surface area contributed by atoms with Gasteiger partial charge in [0, 0.05) is 0 Å². The van der Waals surface area contributed by atoms with Gasteiger partial charge in [0.05, 0.1) is 26.4 Å². The van der Waals surface area contributed by atoms with Gasteiger partial charge in [-0.25, -0.2) is 9.13 Å². The van der Waals surface area contributed by atoms with Crippen LogP contribution in [0.25, 0.3) is 0 Å². The first-order chi connectivity index (χ1) is 18.5. The van der Waals surface area contributed by atoms with Gasteiger partial charge in [0.25, 0.3) is 0 Å². The van der Waals surface area contributed by atoms with E-state index in [4.69, 9.17) is 18.1 Å². The fraction of sp³-hybridized carbons (Fsp3) is 1.00. The Morgan fingerprint density at radius 1 is 0.538 bits per heavy atom. The second-order valence-corrected chi connectivity index (χ2v) is 14.4. The lowest BCUT2D eigenvalue weighted by Gasteiger charge is -2.19. The van der Waals surface area contributed by atoms with Gasteiger partial charge in [-0.2, -0.15) is 0 Å². The third kappa shape index (κ3) is 23.5. The Hall–Kier alpha value is 0.220. The van der Waals surface area contributed by atoms with Crippen LogP contribution in [0.1, 0.15) is 138 Å². The fourth-order valence-electron chi connectivity index (χ4n) is 4.57. The average Bonchev–Trinajstić information content (AvgIpc) is 2.89. The molecule has 0 radical (unpaired) electrons. The van der Waals surface area contributed by atoms with Crippen molar-refractivity contribution in [3.63, 3.8) is 0 Å². The van der Waals surface area contributed by atoms with Crippen LogP contribution in [0.5, 0.6) is 0 Å². The van der Waals surface area contributed by atoms with E-state index in [0.29, 0.717) is 31.1 Å². The Bertz CT molecular complexity index is 609.